The zero-order valence-electron chi connectivity index (χ0n) is 11.9. The molecule has 19 heavy (non-hydrogen) atoms. The number of aromatic nitrogens is 2. The number of hydrogen-bond acceptors (Lipinski definition) is 5. The highest BCUT2D eigenvalue weighted by Crippen LogP contribution is 2.22. The number of hydrogen-bond donors (Lipinski definition) is 2. The quantitative estimate of drug-likeness (QED) is 0.863. The van der Waals surface area contributed by atoms with Gasteiger partial charge in [-0.3, -0.25) is 14.9 Å². The van der Waals surface area contributed by atoms with Crippen molar-refractivity contribution >= 4 is 28.3 Å². The van der Waals surface area contributed by atoms with Gasteiger partial charge in [0.2, 0.25) is 16.9 Å². The third-order valence-corrected chi connectivity index (χ3v) is 3.61. The van der Waals surface area contributed by atoms with Crippen LogP contribution in [-0.2, 0) is 9.59 Å². The fourth-order valence-electron chi connectivity index (χ4n) is 1.46. The minimum Gasteiger partial charge on any atom is -0.344 e. The standard InChI is InChI=1S/C12H20N4O2S/c1-6(2)9(13-8(5)17)10(18)14-12-16-15-11(19-12)7(3)4/h6-7,9H,1-5H3,(H,13,17)(H,14,16,18)/t9-/m1/s1. The van der Waals surface area contributed by atoms with Gasteiger partial charge in [0.25, 0.3) is 0 Å². The number of rotatable bonds is 5. The van der Waals surface area contributed by atoms with E-state index >= 15 is 0 Å². The monoisotopic (exact) mass is 284 g/mol. The van der Waals surface area contributed by atoms with Gasteiger partial charge in [-0.15, -0.1) is 10.2 Å². The number of carbonyl (C=O) groups excluding carboxylic acids is 2. The van der Waals surface area contributed by atoms with E-state index in [9.17, 15) is 9.59 Å². The zero-order chi connectivity index (χ0) is 14.6. The van der Waals surface area contributed by atoms with Gasteiger partial charge in [-0.1, -0.05) is 39.0 Å². The highest BCUT2D eigenvalue weighted by atomic mass is 32.1. The van der Waals surface area contributed by atoms with Crippen LogP contribution in [0.1, 0.15) is 45.5 Å². The highest BCUT2D eigenvalue weighted by molar-refractivity contribution is 7.15. The van der Waals surface area contributed by atoms with Crippen LogP contribution in [0.25, 0.3) is 0 Å². The Labute approximate surface area is 117 Å². The number of carbonyl (C=O) groups is 2. The van der Waals surface area contributed by atoms with Gasteiger partial charge >= 0.3 is 0 Å². The Morgan fingerprint density at radius 2 is 1.79 bits per heavy atom. The van der Waals surface area contributed by atoms with Gasteiger partial charge in [-0.2, -0.15) is 0 Å². The molecule has 1 aromatic heterocycles. The SMILES string of the molecule is CC(=O)N[C@@H](C(=O)Nc1nnc(C(C)C)s1)C(C)C. The van der Waals surface area contributed by atoms with E-state index in [1.54, 1.807) is 0 Å². The first-order valence-electron chi connectivity index (χ1n) is 6.22. The first-order valence-corrected chi connectivity index (χ1v) is 7.04. The van der Waals surface area contributed by atoms with Gasteiger partial charge < -0.3 is 5.32 Å². The minimum atomic E-state index is -0.566. The molecule has 0 aliphatic heterocycles. The van der Waals surface area contributed by atoms with E-state index in [-0.39, 0.29) is 23.7 Å². The summed E-state index contributed by atoms with van der Waals surface area (Å²) in [6.07, 6.45) is 0. The maximum atomic E-state index is 12.1. The van der Waals surface area contributed by atoms with Crippen molar-refractivity contribution in [3.05, 3.63) is 5.01 Å². The third-order valence-electron chi connectivity index (χ3n) is 2.47. The molecule has 7 heteroatoms. The van der Waals surface area contributed by atoms with Gasteiger partial charge in [0.1, 0.15) is 11.0 Å². The average molecular weight is 284 g/mol. The van der Waals surface area contributed by atoms with E-state index in [0.29, 0.717) is 5.13 Å². The molecule has 0 saturated heterocycles. The van der Waals surface area contributed by atoms with Crippen LogP contribution in [0.3, 0.4) is 0 Å². The van der Waals surface area contributed by atoms with E-state index in [0.717, 1.165) is 5.01 Å². The third kappa shape index (κ3) is 4.59. The summed E-state index contributed by atoms with van der Waals surface area (Å²) in [7, 11) is 0. The van der Waals surface area contributed by atoms with Crippen molar-refractivity contribution in [2.75, 3.05) is 5.32 Å². The molecule has 0 fully saturated rings. The van der Waals surface area contributed by atoms with Crippen LogP contribution in [0.5, 0.6) is 0 Å². The van der Waals surface area contributed by atoms with Crippen molar-refractivity contribution in [1.82, 2.24) is 15.5 Å². The summed E-state index contributed by atoms with van der Waals surface area (Å²) in [6.45, 7) is 9.17. The Morgan fingerprint density at radius 3 is 2.21 bits per heavy atom. The lowest BCUT2D eigenvalue weighted by atomic mass is 10.0. The molecule has 0 saturated carbocycles. The van der Waals surface area contributed by atoms with Gasteiger partial charge in [0.15, 0.2) is 0 Å². The predicted molar refractivity (Wildman–Crippen MR) is 75.1 cm³/mol. The summed E-state index contributed by atoms with van der Waals surface area (Å²) in [5.41, 5.74) is 0. The lowest BCUT2D eigenvalue weighted by Gasteiger charge is -2.19. The normalized spacial score (nSPS) is 12.6. The summed E-state index contributed by atoms with van der Waals surface area (Å²) in [4.78, 5) is 23.2. The Morgan fingerprint density at radius 1 is 1.16 bits per heavy atom. The van der Waals surface area contributed by atoms with Crippen LogP contribution in [0, 0.1) is 5.92 Å². The van der Waals surface area contributed by atoms with Crippen molar-refractivity contribution in [2.45, 2.75) is 46.6 Å². The van der Waals surface area contributed by atoms with E-state index < -0.39 is 6.04 Å². The first kappa shape index (κ1) is 15.6. The molecule has 0 radical (unpaired) electrons. The number of nitrogens with zero attached hydrogens (tertiary/aromatic N) is 2. The first-order chi connectivity index (χ1) is 8.81. The second-order valence-corrected chi connectivity index (χ2v) is 6.02. The smallest absolute Gasteiger partial charge is 0.249 e. The van der Waals surface area contributed by atoms with Gasteiger partial charge in [-0.25, -0.2) is 0 Å². The fourth-order valence-corrected chi connectivity index (χ4v) is 2.20. The van der Waals surface area contributed by atoms with Crippen LogP contribution >= 0.6 is 11.3 Å². The number of anilines is 1. The second kappa shape index (κ2) is 6.60. The summed E-state index contributed by atoms with van der Waals surface area (Å²) in [5.74, 6) is -0.216. The van der Waals surface area contributed by atoms with E-state index in [1.807, 2.05) is 27.7 Å². The van der Waals surface area contributed by atoms with Crippen LogP contribution < -0.4 is 10.6 Å². The topological polar surface area (TPSA) is 84.0 Å². The summed E-state index contributed by atoms with van der Waals surface area (Å²) < 4.78 is 0. The van der Waals surface area contributed by atoms with Crippen molar-refractivity contribution in [1.29, 1.82) is 0 Å². The van der Waals surface area contributed by atoms with Crippen LogP contribution in [-0.4, -0.2) is 28.1 Å². The molecule has 1 atom stereocenters. The van der Waals surface area contributed by atoms with Crippen molar-refractivity contribution in [3.8, 4) is 0 Å². The molecule has 0 unspecified atom stereocenters. The second-order valence-electron chi connectivity index (χ2n) is 5.01. The average Bonchev–Trinajstić information content (AvgIpc) is 2.73. The summed E-state index contributed by atoms with van der Waals surface area (Å²) in [5, 5.41) is 14.6. The largest absolute Gasteiger partial charge is 0.344 e. The van der Waals surface area contributed by atoms with E-state index in [4.69, 9.17) is 0 Å². The van der Waals surface area contributed by atoms with E-state index in [2.05, 4.69) is 20.8 Å². The van der Waals surface area contributed by atoms with Crippen LogP contribution in [0.15, 0.2) is 0 Å². The Hall–Kier alpha value is -1.50. The summed E-state index contributed by atoms with van der Waals surface area (Å²) >= 11 is 1.35. The van der Waals surface area contributed by atoms with Gasteiger partial charge in [0.05, 0.1) is 0 Å². The zero-order valence-corrected chi connectivity index (χ0v) is 12.7. The van der Waals surface area contributed by atoms with Crippen molar-refractivity contribution < 1.29 is 9.59 Å². The molecule has 0 aromatic carbocycles. The lowest BCUT2D eigenvalue weighted by Crippen LogP contribution is -2.46. The molecule has 0 aliphatic carbocycles. The molecule has 0 aliphatic rings. The summed E-state index contributed by atoms with van der Waals surface area (Å²) in [6, 6.07) is -0.566. The van der Waals surface area contributed by atoms with Crippen molar-refractivity contribution in [2.24, 2.45) is 5.92 Å². The maximum absolute atomic E-state index is 12.1. The van der Waals surface area contributed by atoms with Gasteiger partial charge in [0, 0.05) is 12.8 Å². The number of amides is 2. The van der Waals surface area contributed by atoms with Crippen molar-refractivity contribution in [3.63, 3.8) is 0 Å². The molecule has 0 spiro atoms. The minimum absolute atomic E-state index is 0.00129. The Bertz CT molecular complexity index is 456. The molecule has 6 nitrogen and oxygen atoms in total. The molecule has 0 bridgehead atoms. The molecule has 106 valence electrons. The predicted octanol–water partition coefficient (Wildman–Crippen LogP) is 1.76. The Kier molecular flexibility index (Phi) is 5.41. The molecular formula is C12H20N4O2S. The fraction of sp³-hybridized carbons (Fsp3) is 0.667. The Balaban J connectivity index is 2.72. The lowest BCUT2D eigenvalue weighted by molar-refractivity contribution is -0.126. The molecule has 2 N–H and O–H groups in total. The van der Waals surface area contributed by atoms with Crippen LogP contribution in [0.2, 0.25) is 0 Å². The van der Waals surface area contributed by atoms with E-state index in [1.165, 1.54) is 18.3 Å². The maximum Gasteiger partial charge on any atom is 0.249 e. The van der Waals surface area contributed by atoms with Crippen LogP contribution in [0.4, 0.5) is 5.13 Å². The molecule has 1 heterocycles. The highest BCUT2D eigenvalue weighted by Gasteiger charge is 2.24. The van der Waals surface area contributed by atoms with Gasteiger partial charge in [-0.05, 0) is 5.92 Å². The molecule has 1 aromatic rings. The molecular weight excluding hydrogens is 264 g/mol. The molecule has 2 amide bonds. The molecule has 1 rings (SSSR count). The number of nitrogens with one attached hydrogen (secondary N) is 2.